The summed E-state index contributed by atoms with van der Waals surface area (Å²) in [7, 11) is -4.13. The number of rotatable bonds is 4. The van der Waals surface area contributed by atoms with Crippen molar-refractivity contribution in [1.82, 2.24) is 14.7 Å². The first kappa shape index (κ1) is 18.6. The van der Waals surface area contributed by atoms with Crippen molar-refractivity contribution in [2.45, 2.75) is 22.9 Å². The summed E-state index contributed by atoms with van der Waals surface area (Å²) in [5, 5.41) is 2.91. The van der Waals surface area contributed by atoms with Crippen molar-refractivity contribution in [3.05, 3.63) is 40.7 Å². The van der Waals surface area contributed by atoms with Gasteiger partial charge in [-0.1, -0.05) is 23.4 Å². The molecule has 1 aromatic carbocycles. The highest BCUT2D eigenvalue weighted by Gasteiger charge is 2.24. The zero-order valence-corrected chi connectivity index (χ0v) is 15.8. The molecule has 26 heavy (non-hydrogen) atoms. The smallest absolute Gasteiger partial charge is 0.285 e. The topological polar surface area (TPSA) is 118 Å². The van der Waals surface area contributed by atoms with Crippen LogP contribution < -0.4 is 10.0 Å². The number of aryl methyl sites for hydroxylation is 1. The molecule has 2 amide bonds. The van der Waals surface area contributed by atoms with Gasteiger partial charge in [0.1, 0.15) is 0 Å². The molecule has 11 heteroatoms. The SMILES string of the molecule is CSc1ncc(Cl)c(C(=O)NS(=O)(=O)c2ccc3c(c2)CCC(=O)N3)n1. The van der Waals surface area contributed by atoms with Crippen molar-refractivity contribution >= 4 is 50.9 Å². The molecule has 0 saturated carbocycles. The van der Waals surface area contributed by atoms with E-state index in [1.807, 2.05) is 4.72 Å². The van der Waals surface area contributed by atoms with E-state index < -0.39 is 15.9 Å². The third-order valence-electron chi connectivity index (χ3n) is 3.63. The van der Waals surface area contributed by atoms with Gasteiger partial charge in [-0.2, -0.15) is 0 Å². The van der Waals surface area contributed by atoms with Gasteiger partial charge >= 0.3 is 0 Å². The summed E-state index contributed by atoms with van der Waals surface area (Å²) in [5.74, 6) is -1.07. The number of carbonyl (C=O) groups is 2. The van der Waals surface area contributed by atoms with Crippen LogP contribution in [0.3, 0.4) is 0 Å². The van der Waals surface area contributed by atoms with E-state index in [0.29, 0.717) is 22.8 Å². The summed E-state index contributed by atoms with van der Waals surface area (Å²) in [6, 6.07) is 4.24. The molecule has 0 aliphatic carbocycles. The van der Waals surface area contributed by atoms with Crippen LogP contribution >= 0.6 is 23.4 Å². The molecule has 0 radical (unpaired) electrons. The second-order valence-corrected chi connectivity index (χ2v) is 8.22. The van der Waals surface area contributed by atoms with Crippen LogP contribution in [0.4, 0.5) is 5.69 Å². The van der Waals surface area contributed by atoms with Crippen LogP contribution in [0.5, 0.6) is 0 Å². The normalized spacial score (nSPS) is 13.7. The molecule has 2 aromatic rings. The summed E-state index contributed by atoms with van der Waals surface area (Å²) in [4.78, 5) is 31.5. The molecule has 2 N–H and O–H groups in total. The van der Waals surface area contributed by atoms with Crippen molar-refractivity contribution in [3.63, 3.8) is 0 Å². The molecule has 0 bridgehead atoms. The quantitative estimate of drug-likeness (QED) is 0.581. The Morgan fingerprint density at radius 2 is 2.12 bits per heavy atom. The number of benzene rings is 1. The van der Waals surface area contributed by atoms with Gasteiger partial charge in [-0.05, 0) is 36.4 Å². The van der Waals surface area contributed by atoms with Crippen molar-refractivity contribution < 1.29 is 18.0 Å². The van der Waals surface area contributed by atoms with E-state index >= 15 is 0 Å². The number of aromatic nitrogens is 2. The number of sulfonamides is 1. The average Bonchev–Trinajstić information content (AvgIpc) is 2.61. The third-order valence-corrected chi connectivity index (χ3v) is 5.80. The number of nitrogens with one attached hydrogen (secondary N) is 2. The van der Waals surface area contributed by atoms with Crippen molar-refractivity contribution in [1.29, 1.82) is 0 Å². The number of anilines is 1. The van der Waals surface area contributed by atoms with Crippen LogP contribution in [0.2, 0.25) is 5.02 Å². The van der Waals surface area contributed by atoms with Crippen molar-refractivity contribution in [2.75, 3.05) is 11.6 Å². The lowest BCUT2D eigenvalue weighted by molar-refractivity contribution is -0.116. The Morgan fingerprint density at radius 3 is 2.85 bits per heavy atom. The van der Waals surface area contributed by atoms with E-state index in [0.717, 1.165) is 0 Å². The maximum atomic E-state index is 12.5. The first-order valence-corrected chi connectivity index (χ1v) is 10.4. The first-order chi connectivity index (χ1) is 12.3. The molecule has 0 saturated heterocycles. The minimum atomic E-state index is -4.13. The van der Waals surface area contributed by atoms with Crippen LogP contribution in [0, 0.1) is 0 Å². The predicted octanol–water partition coefficient (Wildman–Crippen LogP) is 1.86. The Kier molecular flexibility index (Phi) is 5.17. The molecule has 0 fully saturated rings. The molecule has 3 rings (SSSR count). The Labute approximate surface area is 158 Å². The highest BCUT2D eigenvalue weighted by molar-refractivity contribution is 7.98. The van der Waals surface area contributed by atoms with Gasteiger partial charge in [0.2, 0.25) is 5.91 Å². The van der Waals surface area contributed by atoms with E-state index in [-0.39, 0.29) is 27.9 Å². The standard InChI is InChI=1S/C15H13ClN4O4S2/c1-25-15-17-7-10(16)13(19-15)14(22)20-26(23,24)9-3-4-11-8(6-9)2-5-12(21)18-11/h3-4,6-7H,2,5H2,1H3,(H,18,21)(H,20,22). The fourth-order valence-corrected chi connectivity index (χ4v) is 3.89. The zero-order chi connectivity index (χ0) is 18.9. The lowest BCUT2D eigenvalue weighted by Crippen LogP contribution is -2.32. The van der Waals surface area contributed by atoms with E-state index in [4.69, 9.17) is 11.6 Å². The summed E-state index contributed by atoms with van der Waals surface area (Å²) in [6.45, 7) is 0. The van der Waals surface area contributed by atoms with Gasteiger partial charge in [0, 0.05) is 12.1 Å². The second-order valence-electron chi connectivity index (χ2n) is 5.35. The minimum Gasteiger partial charge on any atom is -0.326 e. The summed E-state index contributed by atoms with van der Waals surface area (Å²) in [5.41, 5.74) is 1.03. The lowest BCUT2D eigenvalue weighted by Gasteiger charge is -2.17. The molecule has 0 atom stereocenters. The average molecular weight is 413 g/mol. The number of hydrogen-bond donors (Lipinski definition) is 2. The highest BCUT2D eigenvalue weighted by Crippen LogP contribution is 2.25. The molecule has 1 aliphatic rings. The van der Waals surface area contributed by atoms with Gasteiger partial charge in [-0.3, -0.25) is 9.59 Å². The van der Waals surface area contributed by atoms with Crippen molar-refractivity contribution in [2.24, 2.45) is 0 Å². The molecule has 8 nitrogen and oxygen atoms in total. The number of fused-ring (bicyclic) bond motifs is 1. The lowest BCUT2D eigenvalue weighted by atomic mass is 10.0. The molecule has 1 aliphatic heterocycles. The molecular weight excluding hydrogens is 400 g/mol. The van der Waals surface area contributed by atoms with Crippen LogP contribution in [-0.4, -0.2) is 36.5 Å². The van der Waals surface area contributed by atoms with Gasteiger partial charge in [0.05, 0.1) is 16.1 Å². The number of amides is 2. The van der Waals surface area contributed by atoms with E-state index in [1.165, 1.54) is 36.2 Å². The summed E-state index contributed by atoms with van der Waals surface area (Å²) >= 11 is 7.10. The van der Waals surface area contributed by atoms with Crippen molar-refractivity contribution in [3.8, 4) is 0 Å². The fraction of sp³-hybridized carbons (Fsp3) is 0.200. The Bertz CT molecular complexity index is 1010. The zero-order valence-electron chi connectivity index (χ0n) is 13.4. The van der Waals surface area contributed by atoms with Crippen LogP contribution in [-0.2, 0) is 21.2 Å². The van der Waals surface area contributed by atoms with Gasteiger partial charge in [-0.15, -0.1) is 0 Å². The number of halogens is 1. The number of nitrogens with zero attached hydrogens (tertiary/aromatic N) is 2. The van der Waals surface area contributed by atoms with Crippen LogP contribution in [0.15, 0.2) is 34.4 Å². The van der Waals surface area contributed by atoms with Gasteiger partial charge in [0.25, 0.3) is 15.9 Å². The fourth-order valence-electron chi connectivity index (χ4n) is 2.36. The Balaban J connectivity index is 1.87. The summed E-state index contributed by atoms with van der Waals surface area (Å²) < 4.78 is 27.0. The second kappa shape index (κ2) is 7.22. The van der Waals surface area contributed by atoms with Crippen LogP contribution in [0.25, 0.3) is 0 Å². The van der Waals surface area contributed by atoms with E-state index in [2.05, 4.69) is 15.3 Å². The largest absolute Gasteiger partial charge is 0.326 e. The molecule has 136 valence electrons. The van der Waals surface area contributed by atoms with Gasteiger partial charge in [0.15, 0.2) is 10.9 Å². The van der Waals surface area contributed by atoms with Gasteiger partial charge < -0.3 is 5.32 Å². The van der Waals surface area contributed by atoms with E-state index in [1.54, 1.807) is 6.26 Å². The monoisotopic (exact) mass is 412 g/mol. The maximum Gasteiger partial charge on any atom is 0.285 e. The molecule has 1 aromatic heterocycles. The molecule has 0 spiro atoms. The number of hydrogen-bond acceptors (Lipinski definition) is 7. The third kappa shape index (κ3) is 3.81. The molecule has 2 heterocycles. The maximum absolute atomic E-state index is 12.5. The number of carbonyl (C=O) groups excluding carboxylic acids is 2. The number of thioether (sulfide) groups is 1. The summed E-state index contributed by atoms with van der Waals surface area (Å²) in [6.07, 6.45) is 3.65. The molecule has 0 unspecified atom stereocenters. The molecular formula is C15H13ClN4O4S2. The van der Waals surface area contributed by atoms with Gasteiger partial charge in [-0.25, -0.2) is 23.1 Å². The minimum absolute atomic E-state index is 0.0522. The van der Waals surface area contributed by atoms with Crippen LogP contribution in [0.1, 0.15) is 22.5 Å². The first-order valence-electron chi connectivity index (χ1n) is 7.36. The van der Waals surface area contributed by atoms with E-state index in [9.17, 15) is 18.0 Å². The Morgan fingerprint density at radius 1 is 1.35 bits per heavy atom. The predicted molar refractivity (Wildman–Crippen MR) is 96.9 cm³/mol. The Hall–Kier alpha value is -2.17. The highest BCUT2D eigenvalue weighted by atomic mass is 35.5.